The molecular formula is C21H38IN5O2S. The van der Waals surface area contributed by atoms with E-state index in [9.17, 15) is 8.42 Å². The fourth-order valence-corrected chi connectivity index (χ4v) is 4.14. The summed E-state index contributed by atoms with van der Waals surface area (Å²) < 4.78 is 22.6. The molecule has 7 nitrogen and oxygen atoms in total. The Morgan fingerprint density at radius 1 is 1.10 bits per heavy atom. The molecule has 0 amide bonds. The number of hydrogen-bond donors (Lipinski definition) is 2. The molecule has 2 rings (SSSR count). The number of halogens is 1. The van der Waals surface area contributed by atoms with Crippen molar-refractivity contribution in [3.63, 3.8) is 0 Å². The smallest absolute Gasteiger partial charge is 0.191 e. The molecule has 1 aliphatic heterocycles. The van der Waals surface area contributed by atoms with Gasteiger partial charge in [0.15, 0.2) is 5.96 Å². The molecule has 1 fully saturated rings. The number of hydrogen-bond acceptors (Lipinski definition) is 5. The molecule has 2 N–H and O–H groups in total. The van der Waals surface area contributed by atoms with Gasteiger partial charge in [-0.15, -0.1) is 24.0 Å². The van der Waals surface area contributed by atoms with Crippen molar-refractivity contribution in [1.82, 2.24) is 20.4 Å². The fraction of sp³-hybridized carbons (Fsp3) is 0.667. The molecular weight excluding hydrogens is 513 g/mol. The highest BCUT2D eigenvalue weighted by Gasteiger charge is 2.15. The largest absolute Gasteiger partial charge is 0.354 e. The highest BCUT2D eigenvalue weighted by atomic mass is 127. The number of guanidine groups is 1. The molecule has 0 spiro atoms. The van der Waals surface area contributed by atoms with Crippen LogP contribution >= 0.6 is 24.0 Å². The lowest BCUT2D eigenvalue weighted by Crippen LogP contribution is -2.45. The number of nitrogens with one attached hydrogen (secondary N) is 2. The van der Waals surface area contributed by atoms with Gasteiger partial charge in [-0.05, 0) is 31.0 Å². The number of rotatable bonds is 9. The van der Waals surface area contributed by atoms with Crippen molar-refractivity contribution in [2.24, 2.45) is 4.99 Å². The molecule has 1 saturated heterocycles. The van der Waals surface area contributed by atoms with Crippen LogP contribution in [0.15, 0.2) is 29.3 Å². The maximum absolute atomic E-state index is 11.3. The minimum absolute atomic E-state index is 0. The molecule has 1 aromatic carbocycles. The van der Waals surface area contributed by atoms with Crippen LogP contribution in [-0.4, -0.2) is 82.0 Å². The lowest BCUT2D eigenvalue weighted by Gasteiger charge is -2.34. The normalized spacial score (nSPS) is 17.3. The summed E-state index contributed by atoms with van der Waals surface area (Å²) in [5.74, 6) is 0.858. The van der Waals surface area contributed by atoms with Gasteiger partial charge in [-0.2, -0.15) is 0 Å². The number of benzene rings is 1. The van der Waals surface area contributed by atoms with E-state index in [0.29, 0.717) is 18.9 Å². The standard InChI is InChI=1S/C21H37N5O2S.HI/c1-5-25-11-13-26(14-12-25)17-20-8-6-19(7-9-20)16-23-21(22-3)24-18(2)10-15-29(4,27)28;/h6-9,18H,5,10-17H2,1-4H3,(H2,22,23,24);1H. The summed E-state index contributed by atoms with van der Waals surface area (Å²) in [6.45, 7) is 11.6. The SMILES string of the molecule is CCN1CCN(Cc2ccc(CNC(=NC)NC(C)CCS(C)(=O)=O)cc2)CC1.I. The third-order valence-electron chi connectivity index (χ3n) is 5.33. The van der Waals surface area contributed by atoms with E-state index in [1.807, 2.05) is 6.92 Å². The minimum atomic E-state index is -2.94. The highest BCUT2D eigenvalue weighted by Crippen LogP contribution is 2.10. The molecule has 1 atom stereocenters. The first-order valence-corrected chi connectivity index (χ1v) is 12.5. The second-order valence-electron chi connectivity index (χ2n) is 7.92. The summed E-state index contributed by atoms with van der Waals surface area (Å²) in [5.41, 5.74) is 2.53. The number of piperazine rings is 1. The van der Waals surface area contributed by atoms with Crippen molar-refractivity contribution in [1.29, 1.82) is 0 Å². The van der Waals surface area contributed by atoms with Crippen LogP contribution in [-0.2, 0) is 22.9 Å². The average Bonchev–Trinajstić information content (AvgIpc) is 2.70. The van der Waals surface area contributed by atoms with E-state index >= 15 is 0 Å². The Morgan fingerprint density at radius 2 is 1.67 bits per heavy atom. The van der Waals surface area contributed by atoms with Crippen LogP contribution in [0.3, 0.4) is 0 Å². The first kappa shape index (κ1) is 27.1. The van der Waals surface area contributed by atoms with Crippen molar-refractivity contribution in [2.45, 2.75) is 39.4 Å². The molecule has 0 saturated carbocycles. The Bertz CT molecular complexity index is 747. The molecule has 30 heavy (non-hydrogen) atoms. The third kappa shape index (κ3) is 10.4. The van der Waals surface area contributed by atoms with Gasteiger partial charge >= 0.3 is 0 Å². The zero-order chi connectivity index (χ0) is 21.3. The maximum Gasteiger partial charge on any atom is 0.191 e. The van der Waals surface area contributed by atoms with E-state index in [1.165, 1.54) is 17.4 Å². The van der Waals surface area contributed by atoms with Gasteiger partial charge in [-0.3, -0.25) is 9.89 Å². The van der Waals surface area contributed by atoms with Crippen LogP contribution in [0.1, 0.15) is 31.4 Å². The Morgan fingerprint density at radius 3 is 2.20 bits per heavy atom. The number of nitrogens with zero attached hydrogens (tertiary/aromatic N) is 3. The molecule has 1 unspecified atom stereocenters. The van der Waals surface area contributed by atoms with E-state index in [-0.39, 0.29) is 35.8 Å². The summed E-state index contributed by atoms with van der Waals surface area (Å²) in [6.07, 6.45) is 1.82. The van der Waals surface area contributed by atoms with Gasteiger partial charge in [-0.25, -0.2) is 8.42 Å². The van der Waals surface area contributed by atoms with Gasteiger partial charge in [0.2, 0.25) is 0 Å². The molecule has 172 valence electrons. The number of aliphatic imine (C=N–C) groups is 1. The lowest BCUT2D eigenvalue weighted by atomic mass is 10.1. The van der Waals surface area contributed by atoms with Gasteiger partial charge in [0.05, 0.1) is 5.75 Å². The molecule has 1 aromatic rings. The Kier molecular flexibility index (Phi) is 12.2. The van der Waals surface area contributed by atoms with Crippen LogP contribution in [0.2, 0.25) is 0 Å². The van der Waals surface area contributed by atoms with Crippen LogP contribution in [0.5, 0.6) is 0 Å². The van der Waals surface area contributed by atoms with Gasteiger partial charge in [0, 0.05) is 58.6 Å². The second-order valence-corrected chi connectivity index (χ2v) is 10.2. The van der Waals surface area contributed by atoms with Crippen molar-refractivity contribution < 1.29 is 8.42 Å². The van der Waals surface area contributed by atoms with Crippen LogP contribution in [0, 0.1) is 0 Å². The molecule has 1 aliphatic rings. The molecule has 0 bridgehead atoms. The first-order valence-electron chi connectivity index (χ1n) is 10.5. The van der Waals surface area contributed by atoms with E-state index < -0.39 is 9.84 Å². The van der Waals surface area contributed by atoms with Crippen LogP contribution in [0.25, 0.3) is 0 Å². The predicted molar refractivity (Wildman–Crippen MR) is 136 cm³/mol. The third-order valence-corrected chi connectivity index (χ3v) is 6.31. The van der Waals surface area contributed by atoms with Gasteiger partial charge in [0.1, 0.15) is 9.84 Å². The van der Waals surface area contributed by atoms with Crippen LogP contribution in [0.4, 0.5) is 0 Å². The maximum atomic E-state index is 11.3. The van der Waals surface area contributed by atoms with E-state index in [4.69, 9.17) is 0 Å². The van der Waals surface area contributed by atoms with Crippen molar-refractivity contribution in [3.05, 3.63) is 35.4 Å². The average molecular weight is 552 g/mol. The van der Waals surface area contributed by atoms with Gasteiger partial charge < -0.3 is 15.5 Å². The number of likely N-dealkylation sites (N-methyl/N-ethyl adjacent to an activating group) is 1. The minimum Gasteiger partial charge on any atom is -0.354 e. The molecule has 1 heterocycles. The Labute approximate surface area is 199 Å². The van der Waals surface area contributed by atoms with Crippen molar-refractivity contribution in [2.75, 3.05) is 51.8 Å². The van der Waals surface area contributed by atoms with E-state index in [0.717, 1.165) is 39.3 Å². The summed E-state index contributed by atoms with van der Waals surface area (Å²) in [5, 5.41) is 6.55. The predicted octanol–water partition coefficient (Wildman–Crippen LogP) is 1.93. The van der Waals surface area contributed by atoms with Crippen molar-refractivity contribution >= 4 is 39.8 Å². The zero-order valence-electron chi connectivity index (χ0n) is 18.7. The summed E-state index contributed by atoms with van der Waals surface area (Å²) in [4.78, 5) is 9.24. The number of sulfone groups is 1. The van der Waals surface area contributed by atoms with E-state index in [2.05, 4.69) is 56.6 Å². The van der Waals surface area contributed by atoms with Gasteiger partial charge in [-0.1, -0.05) is 31.2 Å². The Hall–Kier alpha value is -0.910. The van der Waals surface area contributed by atoms with Gasteiger partial charge in [0.25, 0.3) is 0 Å². The summed E-state index contributed by atoms with van der Waals surface area (Å²) in [6, 6.07) is 8.75. The van der Waals surface area contributed by atoms with E-state index in [1.54, 1.807) is 7.05 Å². The first-order chi connectivity index (χ1) is 13.8. The van der Waals surface area contributed by atoms with Crippen molar-refractivity contribution in [3.8, 4) is 0 Å². The molecule has 0 radical (unpaired) electrons. The van der Waals surface area contributed by atoms with Crippen LogP contribution < -0.4 is 10.6 Å². The Balaban J connectivity index is 0.00000450. The molecule has 9 heteroatoms. The monoisotopic (exact) mass is 551 g/mol. The lowest BCUT2D eigenvalue weighted by molar-refractivity contribution is 0.132. The highest BCUT2D eigenvalue weighted by molar-refractivity contribution is 14.0. The zero-order valence-corrected chi connectivity index (χ0v) is 21.9. The summed E-state index contributed by atoms with van der Waals surface area (Å²) >= 11 is 0. The summed E-state index contributed by atoms with van der Waals surface area (Å²) in [7, 11) is -1.22. The topological polar surface area (TPSA) is 77.0 Å². The second kappa shape index (κ2) is 13.5. The quantitative estimate of drug-likeness (QED) is 0.278. The fourth-order valence-electron chi connectivity index (χ4n) is 3.36. The molecule has 0 aromatic heterocycles. The molecule has 0 aliphatic carbocycles.